The van der Waals surface area contributed by atoms with Crippen LogP contribution in [-0.4, -0.2) is 24.9 Å². The van der Waals surface area contributed by atoms with Crippen LogP contribution in [0.2, 0.25) is 0 Å². The second kappa shape index (κ2) is 5.85. The van der Waals surface area contributed by atoms with E-state index in [4.69, 9.17) is 4.52 Å². The van der Waals surface area contributed by atoms with Crippen LogP contribution in [0.25, 0.3) is 11.4 Å². The van der Waals surface area contributed by atoms with Crippen molar-refractivity contribution < 1.29 is 4.52 Å². The average Bonchev–Trinajstić information content (AvgIpc) is 3.32. The van der Waals surface area contributed by atoms with Gasteiger partial charge in [-0.05, 0) is 24.3 Å². The van der Waals surface area contributed by atoms with Crippen LogP contribution < -0.4 is 0 Å². The Morgan fingerprint density at radius 2 is 2.12 bits per heavy atom. The van der Waals surface area contributed by atoms with E-state index in [0.29, 0.717) is 18.3 Å². The second-order valence-electron chi connectivity index (χ2n) is 6.92. The summed E-state index contributed by atoms with van der Waals surface area (Å²) in [6.07, 6.45) is 6.83. The Kier molecular flexibility index (Phi) is 3.67. The van der Waals surface area contributed by atoms with E-state index in [1.807, 2.05) is 12.1 Å². The fourth-order valence-electron chi connectivity index (χ4n) is 3.49. The molecular formula is C18H21N5O. The highest BCUT2D eigenvalue weighted by Crippen LogP contribution is 2.44. The molecule has 0 saturated heterocycles. The molecule has 0 bridgehead atoms. The van der Waals surface area contributed by atoms with Crippen LogP contribution >= 0.6 is 0 Å². The van der Waals surface area contributed by atoms with E-state index in [9.17, 15) is 0 Å². The van der Waals surface area contributed by atoms with E-state index >= 15 is 0 Å². The molecule has 0 N–H and O–H groups in total. The maximum absolute atomic E-state index is 5.61. The average molecular weight is 323 g/mol. The predicted octanol–water partition coefficient (Wildman–Crippen LogP) is 3.45. The van der Waals surface area contributed by atoms with Gasteiger partial charge < -0.3 is 4.52 Å². The Labute approximate surface area is 140 Å². The highest BCUT2D eigenvalue weighted by molar-refractivity contribution is 5.54. The minimum Gasteiger partial charge on any atom is -0.338 e. The second-order valence-corrected chi connectivity index (χ2v) is 6.92. The van der Waals surface area contributed by atoms with Gasteiger partial charge in [0.05, 0.1) is 6.54 Å². The highest BCUT2D eigenvalue weighted by atomic mass is 16.5. The van der Waals surface area contributed by atoms with Gasteiger partial charge in [-0.25, -0.2) is 9.67 Å². The first kappa shape index (κ1) is 15.1. The van der Waals surface area contributed by atoms with Gasteiger partial charge in [0.25, 0.3) is 0 Å². The van der Waals surface area contributed by atoms with Crippen molar-refractivity contribution in [2.45, 2.75) is 45.1 Å². The molecule has 24 heavy (non-hydrogen) atoms. The Bertz CT molecular complexity index is 808. The van der Waals surface area contributed by atoms with Crippen LogP contribution in [0, 0.1) is 5.92 Å². The number of nitrogens with zero attached hydrogens (tertiary/aromatic N) is 5. The van der Waals surface area contributed by atoms with E-state index in [2.05, 4.69) is 46.2 Å². The standard InChI is InChI=1S/C18H21N5O/c1-13-4-3-9-18(13,2)17-21-16(22-24-17)15-7-5-14(6-8-15)10-23-12-19-11-20-23/h5-8,11-13H,3-4,9-10H2,1-2H3. The smallest absolute Gasteiger partial charge is 0.233 e. The van der Waals surface area contributed by atoms with E-state index in [0.717, 1.165) is 23.4 Å². The minimum atomic E-state index is 0.0122. The first-order chi connectivity index (χ1) is 11.6. The molecule has 2 heterocycles. The summed E-state index contributed by atoms with van der Waals surface area (Å²) >= 11 is 0. The Balaban J connectivity index is 1.54. The van der Waals surface area contributed by atoms with E-state index < -0.39 is 0 Å². The maximum atomic E-state index is 5.61. The molecule has 0 radical (unpaired) electrons. The minimum absolute atomic E-state index is 0.0122. The zero-order valence-electron chi connectivity index (χ0n) is 14.0. The molecule has 1 aliphatic rings. The highest BCUT2D eigenvalue weighted by Gasteiger charge is 2.42. The molecule has 0 amide bonds. The normalized spacial score (nSPS) is 23.7. The quantitative estimate of drug-likeness (QED) is 0.735. The first-order valence-electron chi connectivity index (χ1n) is 8.41. The van der Waals surface area contributed by atoms with E-state index in [1.165, 1.54) is 12.8 Å². The van der Waals surface area contributed by atoms with Crippen molar-refractivity contribution in [2.75, 3.05) is 0 Å². The summed E-state index contributed by atoms with van der Waals surface area (Å²) in [4.78, 5) is 8.64. The summed E-state index contributed by atoms with van der Waals surface area (Å²) in [5.74, 6) is 2.02. The third-order valence-electron chi connectivity index (χ3n) is 5.36. The number of hydrogen-bond donors (Lipinski definition) is 0. The topological polar surface area (TPSA) is 69.6 Å². The van der Waals surface area contributed by atoms with E-state index in [-0.39, 0.29) is 5.41 Å². The van der Waals surface area contributed by atoms with Crippen molar-refractivity contribution in [2.24, 2.45) is 5.92 Å². The zero-order valence-corrected chi connectivity index (χ0v) is 14.0. The van der Waals surface area contributed by atoms with Crippen LogP contribution in [-0.2, 0) is 12.0 Å². The molecule has 1 saturated carbocycles. The van der Waals surface area contributed by atoms with Gasteiger partial charge in [-0.3, -0.25) is 0 Å². The Hall–Kier alpha value is -2.50. The van der Waals surface area contributed by atoms with Gasteiger partial charge in [0.2, 0.25) is 11.7 Å². The van der Waals surface area contributed by atoms with E-state index in [1.54, 1.807) is 17.3 Å². The van der Waals surface area contributed by atoms with Crippen LogP contribution in [0.15, 0.2) is 41.4 Å². The van der Waals surface area contributed by atoms with Crippen LogP contribution in [0.1, 0.15) is 44.6 Å². The molecule has 2 unspecified atom stereocenters. The first-order valence-corrected chi connectivity index (χ1v) is 8.41. The predicted molar refractivity (Wildman–Crippen MR) is 89.2 cm³/mol. The number of benzene rings is 1. The summed E-state index contributed by atoms with van der Waals surface area (Å²) in [6, 6.07) is 8.18. The third kappa shape index (κ3) is 2.62. The fraction of sp³-hybridized carbons (Fsp3) is 0.444. The van der Waals surface area contributed by atoms with Gasteiger partial charge in [0.15, 0.2) is 0 Å². The van der Waals surface area contributed by atoms with Crippen molar-refractivity contribution in [1.82, 2.24) is 24.9 Å². The van der Waals surface area contributed by atoms with Gasteiger partial charge in [-0.2, -0.15) is 10.1 Å². The molecule has 0 spiro atoms. The largest absolute Gasteiger partial charge is 0.338 e. The molecule has 1 aromatic carbocycles. The van der Waals surface area contributed by atoms with Gasteiger partial charge in [0, 0.05) is 11.0 Å². The molecule has 0 aliphatic heterocycles. The summed E-state index contributed by atoms with van der Waals surface area (Å²) in [6.45, 7) is 5.21. The number of hydrogen-bond acceptors (Lipinski definition) is 5. The zero-order chi connectivity index (χ0) is 16.6. The maximum Gasteiger partial charge on any atom is 0.233 e. The van der Waals surface area contributed by atoms with Crippen molar-refractivity contribution >= 4 is 0 Å². The number of aromatic nitrogens is 5. The monoisotopic (exact) mass is 323 g/mol. The fourth-order valence-corrected chi connectivity index (χ4v) is 3.49. The van der Waals surface area contributed by atoms with Crippen LogP contribution in [0.5, 0.6) is 0 Å². The summed E-state index contributed by atoms with van der Waals surface area (Å²) < 4.78 is 7.40. The molecule has 4 rings (SSSR count). The van der Waals surface area contributed by atoms with Gasteiger partial charge >= 0.3 is 0 Å². The van der Waals surface area contributed by atoms with Crippen molar-refractivity contribution in [1.29, 1.82) is 0 Å². The van der Waals surface area contributed by atoms with Gasteiger partial charge in [-0.1, -0.05) is 49.7 Å². The lowest BCUT2D eigenvalue weighted by Crippen LogP contribution is -2.25. The molecule has 2 aromatic heterocycles. The van der Waals surface area contributed by atoms with Crippen molar-refractivity contribution in [3.8, 4) is 11.4 Å². The molecule has 6 heteroatoms. The molecule has 1 fully saturated rings. The molecule has 6 nitrogen and oxygen atoms in total. The van der Waals surface area contributed by atoms with Gasteiger partial charge in [-0.15, -0.1) is 0 Å². The molecule has 1 aliphatic carbocycles. The lowest BCUT2D eigenvalue weighted by atomic mass is 9.81. The Morgan fingerprint density at radius 1 is 1.29 bits per heavy atom. The molecule has 3 aromatic rings. The molecule has 2 atom stereocenters. The molecule has 124 valence electrons. The number of rotatable bonds is 4. The van der Waals surface area contributed by atoms with Crippen molar-refractivity contribution in [3.05, 3.63) is 48.4 Å². The lowest BCUT2D eigenvalue weighted by molar-refractivity contribution is 0.252. The summed E-state index contributed by atoms with van der Waals surface area (Å²) in [5.41, 5.74) is 2.14. The lowest BCUT2D eigenvalue weighted by Gasteiger charge is -2.24. The summed E-state index contributed by atoms with van der Waals surface area (Å²) in [7, 11) is 0. The van der Waals surface area contributed by atoms with Crippen molar-refractivity contribution in [3.63, 3.8) is 0 Å². The third-order valence-corrected chi connectivity index (χ3v) is 5.36. The SMILES string of the molecule is CC1CCCC1(C)c1nc(-c2ccc(Cn3cncn3)cc2)no1. The molecular weight excluding hydrogens is 302 g/mol. The van der Waals surface area contributed by atoms with Crippen LogP contribution in [0.3, 0.4) is 0 Å². The summed E-state index contributed by atoms with van der Waals surface area (Å²) in [5, 5.41) is 8.32. The Morgan fingerprint density at radius 3 is 2.79 bits per heavy atom. The van der Waals surface area contributed by atoms with Gasteiger partial charge in [0.1, 0.15) is 12.7 Å². The van der Waals surface area contributed by atoms with Crippen LogP contribution in [0.4, 0.5) is 0 Å².